The zero-order chi connectivity index (χ0) is 20.5. The maximum Gasteiger partial charge on any atom is 0.318 e. The number of nitrogens with zero attached hydrogens (tertiary/aromatic N) is 7. The van der Waals surface area contributed by atoms with E-state index in [0.717, 1.165) is 42.7 Å². The summed E-state index contributed by atoms with van der Waals surface area (Å²) >= 11 is 0. The predicted octanol–water partition coefficient (Wildman–Crippen LogP) is 2.57. The Morgan fingerprint density at radius 3 is 2.73 bits per heavy atom. The molecule has 1 N–H and O–H groups in total. The van der Waals surface area contributed by atoms with Crippen LogP contribution in [-0.4, -0.2) is 56.0 Å². The van der Waals surface area contributed by atoms with E-state index in [1.807, 2.05) is 30.5 Å². The first-order chi connectivity index (χ1) is 14.7. The molecule has 154 valence electrons. The number of aromatic nitrogens is 6. The zero-order valence-corrected chi connectivity index (χ0v) is 16.8. The third-order valence-corrected chi connectivity index (χ3v) is 5.23. The van der Waals surface area contributed by atoms with E-state index in [0.29, 0.717) is 23.7 Å². The van der Waals surface area contributed by atoms with E-state index >= 15 is 0 Å². The van der Waals surface area contributed by atoms with Crippen molar-refractivity contribution in [3.63, 3.8) is 0 Å². The lowest BCUT2D eigenvalue weighted by Gasteiger charge is -2.30. The fourth-order valence-corrected chi connectivity index (χ4v) is 3.66. The molecule has 0 spiro atoms. The topological polar surface area (TPSA) is 107 Å². The average Bonchev–Trinajstić information content (AvgIpc) is 3.40. The Bertz CT molecular complexity index is 1150. The Morgan fingerprint density at radius 1 is 1.17 bits per heavy atom. The molecule has 0 radical (unpaired) electrons. The standard InChI is InChI=1S/C20H22N8O2/c1-13-24-25-20(30-13)27-10-7-15(8-11-27)22-19-23-18-16(4-3-9-28(18)26-19)14-5-6-17(29-2)21-12-14/h3-6,9,12,15H,7-8,10-11H2,1-2H3,(H,22,26). The first-order valence-electron chi connectivity index (χ1n) is 9.87. The number of methoxy groups -OCH3 is 1. The van der Waals surface area contributed by atoms with Gasteiger partial charge in [-0.15, -0.1) is 10.2 Å². The van der Waals surface area contributed by atoms with Crippen molar-refractivity contribution in [3.05, 3.63) is 42.5 Å². The van der Waals surface area contributed by atoms with Crippen LogP contribution >= 0.6 is 0 Å². The molecular weight excluding hydrogens is 384 g/mol. The van der Waals surface area contributed by atoms with Crippen molar-refractivity contribution < 1.29 is 9.15 Å². The number of piperidine rings is 1. The summed E-state index contributed by atoms with van der Waals surface area (Å²) in [5.41, 5.74) is 2.71. The Hall–Kier alpha value is -3.69. The molecule has 0 bridgehead atoms. The van der Waals surface area contributed by atoms with E-state index in [1.54, 1.807) is 24.7 Å². The highest BCUT2D eigenvalue weighted by Crippen LogP contribution is 2.26. The highest BCUT2D eigenvalue weighted by molar-refractivity contribution is 5.77. The van der Waals surface area contributed by atoms with Crippen LogP contribution in [0.3, 0.4) is 0 Å². The average molecular weight is 406 g/mol. The highest BCUT2D eigenvalue weighted by atomic mass is 16.5. The minimum absolute atomic E-state index is 0.286. The van der Waals surface area contributed by atoms with Crippen LogP contribution in [0.2, 0.25) is 0 Å². The van der Waals surface area contributed by atoms with Crippen molar-refractivity contribution in [3.8, 4) is 17.0 Å². The maximum atomic E-state index is 5.53. The van der Waals surface area contributed by atoms with Gasteiger partial charge in [0.25, 0.3) is 0 Å². The lowest BCUT2D eigenvalue weighted by Crippen LogP contribution is -2.39. The fourth-order valence-electron chi connectivity index (χ4n) is 3.66. The number of hydrogen-bond donors (Lipinski definition) is 1. The molecule has 4 aromatic rings. The van der Waals surface area contributed by atoms with Crippen molar-refractivity contribution in [2.24, 2.45) is 0 Å². The largest absolute Gasteiger partial charge is 0.481 e. The quantitative estimate of drug-likeness (QED) is 0.535. The van der Waals surface area contributed by atoms with Gasteiger partial charge in [-0.05, 0) is 31.0 Å². The first kappa shape index (κ1) is 18.3. The summed E-state index contributed by atoms with van der Waals surface area (Å²) in [6.07, 6.45) is 5.55. The van der Waals surface area contributed by atoms with Gasteiger partial charge in [-0.3, -0.25) is 0 Å². The molecule has 30 heavy (non-hydrogen) atoms. The summed E-state index contributed by atoms with van der Waals surface area (Å²) in [7, 11) is 1.60. The summed E-state index contributed by atoms with van der Waals surface area (Å²) in [6.45, 7) is 3.49. The number of anilines is 2. The molecule has 5 rings (SSSR count). The SMILES string of the molecule is COc1ccc(-c2cccn3nc(NC4CCN(c5nnc(C)o5)CC4)nc23)cn1. The maximum absolute atomic E-state index is 5.53. The van der Waals surface area contributed by atoms with Crippen molar-refractivity contribution in [1.82, 2.24) is 29.8 Å². The van der Waals surface area contributed by atoms with Crippen molar-refractivity contribution >= 4 is 17.6 Å². The van der Waals surface area contributed by atoms with Crippen LogP contribution < -0.4 is 15.0 Å². The first-order valence-corrected chi connectivity index (χ1v) is 9.87. The molecule has 4 aromatic heterocycles. The Morgan fingerprint density at radius 2 is 2.03 bits per heavy atom. The van der Waals surface area contributed by atoms with Gasteiger partial charge in [-0.2, -0.15) is 4.98 Å². The summed E-state index contributed by atoms with van der Waals surface area (Å²) < 4.78 is 12.5. The van der Waals surface area contributed by atoms with Crippen LogP contribution in [0, 0.1) is 6.92 Å². The van der Waals surface area contributed by atoms with E-state index in [-0.39, 0.29) is 6.04 Å². The van der Waals surface area contributed by atoms with Gasteiger partial charge in [0.2, 0.25) is 17.7 Å². The van der Waals surface area contributed by atoms with Gasteiger partial charge >= 0.3 is 6.01 Å². The molecule has 10 heteroatoms. The van der Waals surface area contributed by atoms with Gasteiger partial charge in [0, 0.05) is 55.6 Å². The number of nitrogens with one attached hydrogen (secondary N) is 1. The van der Waals surface area contributed by atoms with Gasteiger partial charge in [0.15, 0.2) is 5.65 Å². The molecule has 0 atom stereocenters. The molecule has 1 aliphatic heterocycles. The molecule has 1 saturated heterocycles. The van der Waals surface area contributed by atoms with E-state index in [4.69, 9.17) is 14.1 Å². The highest BCUT2D eigenvalue weighted by Gasteiger charge is 2.23. The van der Waals surface area contributed by atoms with Gasteiger partial charge in [-0.25, -0.2) is 9.50 Å². The second-order valence-corrected chi connectivity index (χ2v) is 7.22. The number of hydrogen-bond acceptors (Lipinski definition) is 9. The minimum Gasteiger partial charge on any atom is -0.481 e. The third kappa shape index (κ3) is 3.51. The van der Waals surface area contributed by atoms with Crippen molar-refractivity contribution in [2.45, 2.75) is 25.8 Å². The lowest BCUT2D eigenvalue weighted by atomic mass is 10.1. The predicted molar refractivity (Wildman–Crippen MR) is 111 cm³/mol. The van der Waals surface area contributed by atoms with Crippen LogP contribution in [0.25, 0.3) is 16.8 Å². The number of pyridine rings is 2. The second-order valence-electron chi connectivity index (χ2n) is 7.22. The molecule has 0 aromatic carbocycles. The molecule has 1 fully saturated rings. The molecule has 0 unspecified atom stereocenters. The number of ether oxygens (including phenoxy) is 1. The van der Waals surface area contributed by atoms with E-state index in [9.17, 15) is 0 Å². The van der Waals surface area contributed by atoms with Gasteiger partial charge in [0.05, 0.1) is 7.11 Å². The van der Waals surface area contributed by atoms with Crippen molar-refractivity contribution in [2.75, 3.05) is 30.4 Å². The summed E-state index contributed by atoms with van der Waals surface area (Å²) in [5.74, 6) is 1.79. The van der Waals surface area contributed by atoms with Crippen LogP contribution in [-0.2, 0) is 0 Å². The molecule has 1 aliphatic rings. The lowest BCUT2D eigenvalue weighted by molar-refractivity contribution is 0.398. The molecule has 0 saturated carbocycles. The Kier molecular flexibility index (Phi) is 4.66. The van der Waals surface area contributed by atoms with Gasteiger partial charge in [-0.1, -0.05) is 5.10 Å². The molecule has 0 amide bonds. The number of aryl methyl sites for hydroxylation is 1. The van der Waals surface area contributed by atoms with Gasteiger partial charge < -0.3 is 19.4 Å². The number of fused-ring (bicyclic) bond motifs is 1. The van der Waals surface area contributed by atoms with E-state index in [1.165, 1.54) is 0 Å². The summed E-state index contributed by atoms with van der Waals surface area (Å²) in [5, 5.41) is 16.1. The van der Waals surface area contributed by atoms with E-state index in [2.05, 4.69) is 30.5 Å². The second kappa shape index (κ2) is 7.62. The Labute approximate surface area is 172 Å². The molecule has 10 nitrogen and oxygen atoms in total. The fraction of sp³-hybridized carbons (Fsp3) is 0.350. The van der Waals surface area contributed by atoms with Crippen LogP contribution in [0.5, 0.6) is 5.88 Å². The van der Waals surface area contributed by atoms with Crippen LogP contribution in [0.4, 0.5) is 12.0 Å². The van der Waals surface area contributed by atoms with Gasteiger partial charge in [0.1, 0.15) is 0 Å². The monoisotopic (exact) mass is 406 g/mol. The van der Waals surface area contributed by atoms with E-state index < -0.39 is 0 Å². The van der Waals surface area contributed by atoms with Crippen LogP contribution in [0.15, 0.2) is 41.1 Å². The Balaban J connectivity index is 1.31. The normalized spacial score (nSPS) is 14.9. The number of rotatable bonds is 5. The summed E-state index contributed by atoms with van der Waals surface area (Å²) in [4.78, 5) is 11.1. The smallest absolute Gasteiger partial charge is 0.318 e. The van der Waals surface area contributed by atoms with Crippen LogP contribution in [0.1, 0.15) is 18.7 Å². The zero-order valence-electron chi connectivity index (χ0n) is 16.8. The van der Waals surface area contributed by atoms with Crippen molar-refractivity contribution in [1.29, 1.82) is 0 Å². The molecule has 0 aliphatic carbocycles. The minimum atomic E-state index is 0.286. The summed E-state index contributed by atoms with van der Waals surface area (Å²) in [6, 6.07) is 8.66. The molecular formula is C20H22N8O2. The molecule has 5 heterocycles. The third-order valence-electron chi connectivity index (χ3n) is 5.23.